The Hall–Kier alpha value is -3.59. The maximum Gasteiger partial charge on any atom is 0.472 e. The van der Waals surface area contributed by atoms with Crippen LogP contribution in [0.25, 0.3) is 0 Å². The van der Waals surface area contributed by atoms with E-state index in [1.165, 1.54) is 231 Å². The van der Waals surface area contributed by atoms with Gasteiger partial charge in [0.1, 0.15) is 6.61 Å². The summed E-state index contributed by atoms with van der Waals surface area (Å²) in [6, 6.07) is 0. The second-order valence-electron chi connectivity index (χ2n) is 26.6. The van der Waals surface area contributed by atoms with Gasteiger partial charge in [0, 0.05) is 19.4 Å². The third-order valence-electron chi connectivity index (χ3n) is 17.4. The fraction of sp³-hybridized carbons (Fsp3) is 0.741. The lowest BCUT2D eigenvalue weighted by Gasteiger charge is -2.19. The Bertz CT molecular complexity index is 1980. The van der Waals surface area contributed by atoms with Crippen molar-refractivity contribution in [3.63, 3.8) is 0 Å². The van der Waals surface area contributed by atoms with Crippen LogP contribution in [0.1, 0.15) is 373 Å². The summed E-state index contributed by atoms with van der Waals surface area (Å²) in [6.07, 6.45) is 112. The summed E-state index contributed by atoms with van der Waals surface area (Å²) in [5.74, 6) is -0.828. The lowest BCUT2D eigenvalue weighted by atomic mass is 10.0. The Labute approximate surface area is 587 Å². The molecule has 0 rings (SSSR count). The second-order valence-corrected chi connectivity index (χ2v) is 28.0. The number of ether oxygens (including phenoxy) is 2. The minimum Gasteiger partial charge on any atom is -0.462 e. The number of phosphoric acid groups is 1. The molecule has 0 saturated carbocycles. The Balaban J connectivity index is 3.87. The van der Waals surface area contributed by atoms with Crippen molar-refractivity contribution in [1.29, 1.82) is 0 Å². The summed E-state index contributed by atoms with van der Waals surface area (Å²) in [5.41, 5.74) is 5.41. The van der Waals surface area contributed by atoms with Crippen LogP contribution in [-0.4, -0.2) is 49.3 Å². The Kier molecular flexibility index (Phi) is 76.4. The van der Waals surface area contributed by atoms with E-state index in [0.29, 0.717) is 6.42 Å². The van der Waals surface area contributed by atoms with E-state index >= 15 is 0 Å². The van der Waals surface area contributed by atoms with Crippen molar-refractivity contribution in [2.24, 2.45) is 5.73 Å². The summed E-state index contributed by atoms with van der Waals surface area (Å²) >= 11 is 0. The molecule has 0 spiro atoms. The average molecular weight is 1350 g/mol. The topological polar surface area (TPSA) is 134 Å². The smallest absolute Gasteiger partial charge is 0.462 e. The molecule has 0 radical (unpaired) electrons. The first-order chi connectivity index (χ1) is 46.8. The van der Waals surface area contributed by atoms with E-state index in [1.54, 1.807) is 0 Å². The van der Waals surface area contributed by atoms with Crippen LogP contribution in [0, 0.1) is 0 Å². The van der Waals surface area contributed by atoms with Crippen LogP contribution in [0.4, 0.5) is 0 Å². The third kappa shape index (κ3) is 79.3. The predicted octanol–water partition coefficient (Wildman–Crippen LogP) is 27.0. The summed E-state index contributed by atoms with van der Waals surface area (Å²) in [4.78, 5) is 35.5. The number of unbranched alkanes of at least 4 members (excludes halogenated alkanes) is 42. The monoisotopic (exact) mass is 1340 g/mol. The third-order valence-corrected chi connectivity index (χ3v) is 18.3. The molecule has 0 aliphatic carbocycles. The van der Waals surface area contributed by atoms with E-state index in [2.05, 4.69) is 135 Å². The molecule has 2 unspecified atom stereocenters. The minimum absolute atomic E-state index is 0.0483. The van der Waals surface area contributed by atoms with Gasteiger partial charge in [0.15, 0.2) is 6.10 Å². The van der Waals surface area contributed by atoms with Gasteiger partial charge < -0.3 is 20.1 Å². The summed E-state index contributed by atoms with van der Waals surface area (Å²) in [5, 5.41) is 0. The lowest BCUT2D eigenvalue weighted by Crippen LogP contribution is -2.29. The molecule has 9 nitrogen and oxygen atoms in total. The molecule has 0 saturated heterocycles. The molecule has 10 heteroatoms. The number of hydrogen-bond donors (Lipinski definition) is 2. The van der Waals surface area contributed by atoms with Crippen LogP contribution in [0.3, 0.4) is 0 Å². The van der Waals surface area contributed by atoms with Gasteiger partial charge in [-0.05, 0) is 89.9 Å². The van der Waals surface area contributed by atoms with Crippen LogP contribution < -0.4 is 5.73 Å². The average Bonchev–Trinajstić information content (AvgIpc) is 3.16. The van der Waals surface area contributed by atoms with Crippen LogP contribution in [0.2, 0.25) is 0 Å². The van der Waals surface area contributed by atoms with Crippen LogP contribution in [0.15, 0.2) is 122 Å². The van der Waals surface area contributed by atoms with Crippen molar-refractivity contribution >= 4 is 19.8 Å². The Morgan fingerprint density at radius 3 is 0.863 bits per heavy atom. The maximum atomic E-state index is 12.8. The zero-order chi connectivity index (χ0) is 68.6. The molecular formula is C85H150NO8P. The quantitative estimate of drug-likeness (QED) is 0.0264. The summed E-state index contributed by atoms with van der Waals surface area (Å²) in [6.45, 7) is 3.67. The van der Waals surface area contributed by atoms with Crippen LogP contribution in [0.5, 0.6) is 0 Å². The lowest BCUT2D eigenvalue weighted by molar-refractivity contribution is -0.161. The number of allylic oxidation sites excluding steroid dienone is 20. The fourth-order valence-corrected chi connectivity index (χ4v) is 12.3. The molecule has 0 aromatic heterocycles. The predicted molar refractivity (Wildman–Crippen MR) is 413 cm³/mol. The molecule has 0 aromatic rings. The Morgan fingerprint density at radius 2 is 0.579 bits per heavy atom. The summed E-state index contributed by atoms with van der Waals surface area (Å²) in [7, 11) is -4.41. The Morgan fingerprint density at radius 1 is 0.326 bits per heavy atom. The second kappa shape index (κ2) is 79.4. The fourth-order valence-electron chi connectivity index (χ4n) is 11.5. The number of hydrogen-bond acceptors (Lipinski definition) is 8. The molecule has 0 aromatic carbocycles. The molecule has 0 aliphatic heterocycles. The minimum atomic E-state index is -4.41. The molecule has 0 amide bonds. The molecule has 0 bridgehead atoms. The molecule has 3 N–H and O–H groups in total. The molecule has 2 atom stereocenters. The van der Waals surface area contributed by atoms with Gasteiger partial charge in [-0.25, -0.2) is 4.57 Å². The first-order valence-corrected chi connectivity index (χ1v) is 41.5. The van der Waals surface area contributed by atoms with Crippen molar-refractivity contribution in [3.05, 3.63) is 122 Å². The van der Waals surface area contributed by atoms with Crippen molar-refractivity contribution in [2.45, 2.75) is 380 Å². The van der Waals surface area contributed by atoms with Crippen molar-refractivity contribution in [1.82, 2.24) is 0 Å². The van der Waals surface area contributed by atoms with Crippen molar-refractivity contribution in [2.75, 3.05) is 26.4 Å². The van der Waals surface area contributed by atoms with E-state index < -0.39 is 26.5 Å². The highest BCUT2D eigenvalue weighted by atomic mass is 31.2. The van der Waals surface area contributed by atoms with E-state index in [0.717, 1.165) is 109 Å². The number of carbonyl (C=O) groups excluding carboxylic acids is 2. The van der Waals surface area contributed by atoms with Gasteiger partial charge in [-0.15, -0.1) is 0 Å². The highest BCUT2D eigenvalue weighted by Crippen LogP contribution is 2.43. The van der Waals surface area contributed by atoms with E-state index in [1.807, 2.05) is 0 Å². The molecule has 0 heterocycles. The van der Waals surface area contributed by atoms with Crippen molar-refractivity contribution in [3.8, 4) is 0 Å². The van der Waals surface area contributed by atoms with Gasteiger partial charge in [-0.2, -0.15) is 0 Å². The van der Waals surface area contributed by atoms with Crippen LogP contribution in [-0.2, 0) is 32.7 Å². The first kappa shape index (κ1) is 91.4. The van der Waals surface area contributed by atoms with Crippen LogP contribution >= 0.6 is 7.82 Å². The van der Waals surface area contributed by atoms with Crippen molar-refractivity contribution < 1.29 is 37.6 Å². The number of esters is 2. The highest BCUT2D eigenvalue weighted by Gasteiger charge is 2.26. The number of rotatable bonds is 75. The maximum absolute atomic E-state index is 12.8. The largest absolute Gasteiger partial charge is 0.472 e. The molecule has 0 fully saturated rings. The number of phosphoric ester groups is 1. The zero-order valence-electron chi connectivity index (χ0n) is 61.9. The molecular weight excluding hydrogens is 1190 g/mol. The SMILES string of the molecule is CC/C=C\C/C=C\C/C=C\C/C=C\C/C=C\C/C=C\C/C=C\C/C=C\C/C=C\C/C=C\CCCCCCCCCCC(=O)OC(COC(=O)CCCCCCCCCCCCCCCCCCCCCCCCCCCCCCCCCCCCC)COP(=O)(O)OCCN. The van der Waals surface area contributed by atoms with Gasteiger partial charge in [-0.3, -0.25) is 18.6 Å². The molecule has 0 aliphatic rings. The zero-order valence-corrected chi connectivity index (χ0v) is 62.8. The van der Waals surface area contributed by atoms with Gasteiger partial charge in [0.05, 0.1) is 13.2 Å². The van der Waals surface area contributed by atoms with Gasteiger partial charge >= 0.3 is 19.8 Å². The van der Waals surface area contributed by atoms with E-state index in [4.69, 9.17) is 24.3 Å². The van der Waals surface area contributed by atoms with E-state index in [9.17, 15) is 19.0 Å². The number of nitrogens with two attached hydrogens (primary N) is 1. The van der Waals surface area contributed by atoms with Gasteiger partial charge in [0.25, 0.3) is 0 Å². The highest BCUT2D eigenvalue weighted by molar-refractivity contribution is 7.47. The first-order valence-electron chi connectivity index (χ1n) is 40.0. The standard InChI is InChI=1S/C85H150NO8P/c1-3-5-7-9-11-13-15-17-19-21-23-25-27-29-31-33-35-37-39-40-41-42-44-46-48-50-52-54-56-58-60-62-64-66-68-70-72-74-76-78-85(88)94-83(82-93-95(89,90)92-80-79-86)81-91-84(87)77-75-73-71-69-67-65-63-61-59-57-55-53-51-49-47-45-43-38-36-34-32-30-28-26-24-22-20-18-16-14-12-10-8-6-4-2/h5,7,11,13,17,19,23,25,29,31,35,37,40-41,44,46,50,52,56,58,83H,3-4,6,8-10,12,14-16,18,20-22,24,26-28,30,32-34,36,38-39,42-43,45,47-49,51,53-55,57,59-82,86H2,1-2H3,(H,89,90)/b7-5-,13-11-,19-17-,25-23-,31-29-,37-35-,41-40-,46-44-,52-50-,58-56-. The van der Waals surface area contributed by atoms with Gasteiger partial charge in [-0.1, -0.05) is 392 Å². The van der Waals surface area contributed by atoms with Gasteiger partial charge in [0.2, 0.25) is 0 Å². The molecule has 95 heavy (non-hydrogen) atoms. The normalized spacial score (nSPS) is 13.5. The summed E-state index contributed by atoms with van der Waals surface area (Å²) < 4.78 is 33.3. The number of carbonyl (C=O) groups is 2. The van der Waals surface area contributed by atoms with E-state index in [-0.39, 0.29) is 38.6 Å². The molecule has 548 valence electrons.